The number of halogens is 1. The number of hydrazine groups is 1. The van der Waals surface area contributed by atoms with Crippen LogP contribution in [0.2, 0.25) is 0 Å². The van der Waals surface area contributed by atoms with Gasteiger partial charge in [0.25, 0.3) is 11.8 Å². The van der Waals surface area contributed by atoms with Gasteiger partial charge < -0.3 is 4.74 Å². The van der Waals surface area contributed by atoms with Gasteiger partial charge >= 0.3 is 0 Å². The van der Waals surface area contributed by atoms with Gasteiger partial charge in [-0.15, -0.1) is 0 Å². The summed E-state index contributed by atoms with van der Waals surface area (Å²) >= 11 is 3.37. The summed E-state index contributed by atoms with van der Waals surface area (Å²) in [5.41, 5.74) is 8.26. The summed E-state index contributed by atoms with van der Waals surface area (Å²) in [6.45, 7) is 5.65. The first-order valence-corrected chi connectivity index (χ1v) is 8.21. The van der Waals surface area contributed by atoms with Crippen LogP contribution in [0, 0.1) is 20.8 Å². The number of ether oxygens (including phenoxy) is 1. The summed E-state index contributed by atoms with van der Waals surface area (Å²) < 4.78 is 6.29. The van der Waals surface area contributed by atoms with Crippen LogP contribution in [0.15, 0.2) is 40.9 Å². The zero-order valence-electron chi connectivity index (χ0n) is 13.8. The lowest BCUT2D eigenvalue weighted by molar-refractivity contribution is -0.123. The Balaban J connectivity index is 1.84. The topological polar surface area (TPSA) is 67.4 Å². The lowest BCUT2D eigenvalue weighted by Gasteiger charge is -2.11. The molecule has 0 unspecified atom stereocenters. The minimum atomic E-state index is -0.436. The first-order chi connectivity index (χ1) is 11.4. The summed E-state index contributed by atoms with van der Waals surface area (Å²) in [5, 5.41) is 0. The number of carbonyl (C=O) groups is 2. The van der Waals surface area contributed by atoms with Crippen LogP contribution in [0.1, 0.15) is 27.0 Å². The number of rotatable bonds is 4. The van der Waals surface area contributed by atoms with E-state index in [0.717, 1.165) is 21.2 Å². The molecule has 5 nitrogen and oxygen atoms in total. The van der Waals surface area contributed by atoms with Crippen LogP contribution in [0.5, 0.6) is 5.75 Å². The van der Waals surface area contributed by atoms with E-state index in [9.17, 15) is 9.59 Å². The zero-order valence-corrected chi connectivity index (χ0v) is 15.4. The molecule has 2 N–H and O–H groups in total. The molecule has 2 aromatic carbocycles. The second-order valence-electron chi connectivity index (χ2n) is 5.52. The highest BCUT2D eigenvalue weighted by Gasteiger charge is 2.09. The third-order valence-corrected chi connectivity index (χ3v) is 4.29. The van der Waals surface area contributed by atoms with Crippen LogP contribution >= 0.6 is 15.9 Å². The number of hydrogen-bond acceptors (Lipinski definition) is 3. The fourth-order valence-electron chi connectivity index (χ4n) is 2.07. The minimum Gasteiger partial charge on any atom is -0.483 e. The molecule has 2 aromatic rings. The van der Waals surface area contributed by atoms with Gasteiger partial charge in [0.1, 0.15) is 5.75 Å². The normalized spacial score (nSPS) is 10.2. The molecule has 0 heterocycles. The second-order valence-corrected chi connectivity index (χ2v) is 6.38. The molecule has 0 saturated heterocycles. The van der Waals surface area contributed by atoms with Gasteiger partial charge in [-0.2, -0.15) is 0 Å². The highest BCUT2D eigenvalue weighted by molar-refractivity contribution is 9.10. The molecule has 0 saturated carbocycles. The van der Waals surface area contributed by atoms with Gasteiger partial charge in [-0.1, -0.05) is 39.7 Å². The molecule has 0 atom stereocenters. The lowest BCUT2D eigenvalue weighted by atomic mass is 10.1. The van der Waals surface area contributed by atoms with E-state index in [1.165, 1.54) is 0 Å². The fraction of sp³-hybridized carbons (Fsp3) is 0.222. The van der Waals surface area contributed by atoms with Crippen molar-refractivity contribution in [2.24, 2.45) is 0 Å². The summed E-state index contributed by atoms with van der Waals surface area (Å²) in [6, 6.07) is 10.9. The van der Waals surface area contributed by atoms with Crippen molar-refractivity contribution >= 4 is 27.7 Å². The fourth-order valence-corrected chi connectivity index (χ4v) is 2.45. The molecule has 0 aromatic heterocycles. The first-order valence-electron chi connectivity index (χ1n) is 7.42. The maximum absolute atomic E-state index is 12.0. The lowest BCUT2D eigenvalue weighted by Crippen LogP contribution is -2.43. The van der Waals surface area contributed by atoms with Gasteiger partial charge in [0, 0.05) is 10.0 Å². The zero-order chi connectivity index (χ0) is 17.7. The molecule has 126 valence electrons. The van der Waals surface area contributed by atoms with E-state index in [1.807, 2.05) is 45.0 Å². The van der Waals surface area contributed by atoms with E-state index in [2.05, 4.69) is 26.8 Å². The monoisotopic (exact) mass is 390 g/mol. The average Bonchev–Trinajstić information content (AvgIpc) is 2.54. The third kappa shape index (κ3) is 4.83. The van der Waals surface area contributed by atoms with Gasteiger partial charge in [-0.3, -0.25) is 20.4 Å². The van der Waals surface area contributed by atoms with Crippen molar-refractivity contribution in [1.82, 2.24) is 10.9 Å². The van der Waals surface area contributed by atoms with Crippen molar-refractivity contribution in [1.29, 1.82) is 0 Å². The molecule has 0 aliphatic carbocycles. The summed E-state index contributed by atoms with van der Waals surface area (Å²) in [7, 11) is 0. The molecular weight excluding hydrogens is 372 g/mol. The summed E-state index contributed by atoms with van der Waals surface area (Å²) in [6.07, 6.45) is 0. The molecule has 0 aliphatic rings. The van der Waals surface area contributed by atoms with E-state index in [-0.39, 0.29) is 6.61 Å². The summed E-state index contributed by atoms with van der Waals surface area (Å²) in [5.74, 6) is -0.186. The van der Waals surface area contributed by atoms with Gasteiger partial charge in [0.15, 0.2) is 6.61 Å². The Kier molecular flexibility index (Phi) is 5.98. The number of amides is 2. The van der Waals surface area contributed by atoms with E-state index in [1.54, 1.807) is 12.1 Å². The Morgan fingerprint density at radius 3 is 2.42 bits per heavy atom. The Morgan fingerprint density at radius 1 is 1.00 bits per heavy atom. The van der Waals surface area contributed by atoms with Crippen molar-refractivity contribution in [3.8, 4) is 5.75 Å². The average molecular weight is 391 g/mol. The van der Waals surface area contributed by atoms with Crippen LogP contribution in [-0.4, -0.2) is 18.4 Å². The van der Waals surface area contributed by atoms with Crippen LogP contribution in [0.25, 0.3) is 0 Å². The van der Waals surface area contributed by atoms with Crippen molar-refractivity contribution in [2.75, 3.05) is 6.61 Å². The number of nitrogens with one attached hydrogen (secondary N) is 2. The largest absolute Gasteiger partial charge is 0.483 e. The van der Waals surface area contributed by atoms with Gasteiger partial charge in [-0.25, -0.2) is 0 Å². The first kappa shape index (κ1) is 18.0. The highest BCUT2D eigenvalue weighted by Crippen LogP contribution is 2.18. The molecule has 2 rings (SSSR count). The molecule has 0 fully saturated rings. The number of aryl methyl sites for hydroxylation is 3. The van der Waals surface area contributed by atoms with Crippen LogP contribution in [0.3, 0.4) is 0 Å². The smallest absolute Gasteiger partial charge is 0.276 e. The van der Waals surface area contributed by atoms with Crippen molar-refractivity contribution in [3.05, 3.63) is 63.1 Å². The molecule has 0 bridgehead atoms. The van der Waals surface area contributed by atoms with E-state index >= 15 is 0 Å². The van der Waals surface area contributed by atoms with Gasteiger partial charge in [0.2, 0.25) is 0 Å². The van der Waals surface area contributed by atoms with Crippen molar-refractivity contribution in [3.63, 3.8) is 0 Å². The Bertz CT molecular complexity index is 775. The Morgan fingerprint density at radius 2 is 1.75 bits per heavy atom. The van der Waals surface area contributed by atoms with Crippen LogP contribution < -0.4 is 15.6 Å². The van der Waals surface area contributed by atoms with E-state index in [0.29, 0.717) is 11.3 Å². The van der Waals surface area contributed by atoms with Crippen LogP contribution in [0.4, 0.5) is 0 Å². The molecule has 0 radical (unpaired) electrons. The van der Waals surface area contributed by atoms with Gasteiger partial charge in [0.05, 0.1) is 0 Å². The minimum absolute atomic E-state index is 0.179. The third-order valence-electron chi connectivity index (χ3n) is 3.44. The standard InChI is InChI=1S/C18H19BrN2O3/c1-11-4-7-16(13(3)8-11)24-10-17(22)20-21-18(23)14-6-5-12(2)15(19)9-14/h4-9H,10H2,1-3H3,(H,20,22)(H,21,23). The SMILES string of the molecule is Cc1ccc(OCC(=O)NNC(=O)c2ccc(C)c(Br)c2)c(C)c1. The molecule has 6 heteroatoms. The Hall–Kier alpha value is -2.34. The molecule has 2 amide bonds. The number of carbonyl (C=O) groups excluding carboxylic acids is 2. The van der Waals surface area contributed by atoms with Crippen molar-refractivity contribution in [2.45, 2.75) is 20.8 Å². The van der Waals surface area contributed by atoms with E-state index < -0.39 is 11.8 Å². The Labute approximate surface area is 149 Å². The predicted octanol–water partition coefficient (Wildman–Crippen LogP) is 3.21. The maximum atomic E-state index is 12.0. The molecule has 24 heavy (non-hydrogen) atoms. The predicted molar refractivity (Wildman–Crippen MR) is 95.9 cm³/mol. The molecular formula is C18H19BrN2O3. The second kappa shape index (κ2) is 7.97. The summed E-state index contributed by atoms with van der Waals surface area (Å²) in [4.78, 5) is 23.8. The van der Waals surface area contributed by atoms with Crippen LogP contribution in [-0.2, 0) is 4.79 Å². The van der Waals surface area contributed by atoms with Crippen molar-refractivity contribution < 1.29 is 14.3 Å². The number of hydrogen-bond donors (Lipinski definition) is 2. The molecule has 0 aliphatic heterocycles. The maximum Gasteiger partial charge on any atom is 0.276 e. The highest BCUT2D eigenvalue weighted by atomic mass is 79.9. The molecule has 0 spiro atoms. The van der Waals surface area contributed by atoms with Gasteiger partial charge in [-0.05, 0) is 50.1 Å². The number of benzene rings is 2. The van der Waals surface area contributed by atoms with E-state index in [4.69, 9.17) is 4.74 Å². The quantitative estimate of drug-likeness (QED) is 0.787.